The number of alkyl halides is 3. The highest BCUT2D eigenvalue weighted by Crippen LogP contribution is 2.29. The lowest BCUT2D eigenvalue weighted by Gasteiger charge is -2.21. The van der Waals surface area contributed by atoms with Crippen LogP contribution >= 0.6 is 0 Å². The van der Waals surface area contributed by atoms with Gasteiger partial charge in [-0.3, -0.25) is 0 Å². The van der Waals surface area contributed by atoms with E-state index in [9.17, 15) is 13.2 Å². The molecule has 0 spiro atoms. The van der Waals surface area contributed by atoms with Crippen LogP contribution in [0, 0.1) is 5.92 Å². The number of nitrogens with one attached hydrogen (secondary N) is 1. The Labute approximate surface area is 118 Å². The lowest BCUT2D eigenvalue weighted by molar-refractivity contribution is -0.137. The lowest BCUT2D eigenvalue weighted by Crippen LogP contribution is -2.35. The van der Waals surface area contributed by atoms with Crippen molar-refractivity contribution in [2.75, 3.05) is 20.3 Å². The molecule has 0 amide bonds. The Morgan fingerprint density at radius 3 is 2.25 bits per heavy atom. The van der Waals surface area contributed by atoms with Crippen molar-refractivity contribution in [2.24, 2.45) is 5.92 Å². The van der Waals surface area contributed by atoms with Gasteiger partial charge < -0.3 is 10.1 Å². The van der Waals surface area contributed by atoms with Gasteiger partial charge in [-0.2, -0.15) is 13.2 Å². The first-order valence-corrected chi connectivity index (χ1v) is 6.73. The SMILES string of the molecule is COCCNC(C)C(C)Cc1ccc(C(F)(F)F)cc1. The molecule has 0 heterocycles. The van der Waals surface area contributed by atoms with Crippen LogP contribution in [0.4, 0.5) is 13.2 Å². The van der Waals surface area contributed by atoms with Crippen molar-refractivity contribution >= 4 is 0 Å². The number of halogens is 3. The van der Waals surface area contributed by atoms with E-state index in [1.807, 2.05) is 0 Å². The van der Waals surface area contributed by atoms with Gasteiger partial charge in [-0.05, 0) is 37.0 Å². The molecule has 5 heteroatoms. The number of benzene rings is 1. The van der Waals surface area contributed by atoms with Crippen molar-refractivity contribution in [3.8, 4) is 0 Å². The van der Waals surface area contributed by atoms with Crippen molar-refractivity contribution in [1.29, 1.82) is 0 Å². The first-order valence-electron chi connectivity index (χ1n) is 6.73. The molecule has 1 aromatic carbocycles. The molecule has 0 bridgehead atoms. The summed E-state index contributed by atoms with van der Waals surface area (Å²) < 4.78 is 42.4. The third-order valence-electron chi connectivity index (χ3n) is 3.46. The molecule has 1 N–H and O–H groups in total. The van der Waals surface area contributed by atoms with Crippen LogP contribution in [0.2, 0.25) is 0 Å². The minimum absolute atomic E-state index is 0.285. The van der Waals surface area contributed by atoms with Crippen molar-refractivity contribution in [3.05, 3.63) is 35.4 Å². The van der Waals surface area contributed by atoms with Gasteiger partial charge in [0.2, 0.25) is 0 Å². The van der Waals surface area contributed by atoms with Crippen molar-refractivity contribution in [2.45, 2.75) is 32.5 Å². The second kappa shape index (κ2) is 7.64. The van der Waals surface area contributed by atoms with E-state index in [2.05, 4.69) is 19.2 Å². The maximum absolute atomic E-state index is 12.5. The standard InChI is InChI=1S/C15H22F3NO/c1-11(12(2)19-8-9-20-3)10-13-4-6-14(7-5-13)15(16,17)18/h4-7,11-12,19H,8-10H2,1-3H3. The molecule has 0 aliphatic rings. The Morgan fingerprint density at radius 2 is 1.75 bits per heavy atom. The van der Waals surface area contributed by atoms with Crippen LogP contribution < -0.4 is 5.32 Å². The van der Waals surface area contributed by atoms with E-state index < -0.39 is 11.7 Å². The molecule has 0 saturated carbocycles. The van der Waals surface area contributed by atoms with Gasteiger partial charge in [0.25, 0.3) is 0 Å². The summed E-state index contributed by atoms with van der Waals surface area (Å²) in [7, 11) is 1.65. The molecule has 0 aromatic heterocycles. The minimum atomic E-state index is -4.26. The summed E-state index contributed by atoms with van der Waals surface area (Å²) in [5, 5.41) is 3.33. The molecule has 114 valence electrons. The lowest BCUT2D eigenvalue weighted by atomic mass is 9.94. The maximum atomic E-state index is 12.5. The highest BCUT2D eigenvalue weighted by Gasteiger charge is 2.29. The summed E-state index contributed by atoms with van der Waals surface area (Å²) in [6.07, 6.45) is -3.52. The van der Waals surface area contributed by atoms with Crippen LogP contribution in [0.3, 0.4) is 0 Å². The Kier molecular flexibility index (Phi) is 6.49. The quantitative estimate of drug-likeness (QED) is 0.776. The molecule has 2 unspecified atom stereocenters. The van der Waals surface area contributed by atoms with Crippen molar-refractivity contribution in [1.82, 2.24) is 5.32 Å². The van der Waals surface area contributed by atoms with Gasteiger partial charge in [0.1, 0.15) is 0 Å². The van der Waals surface area contributed by atoms with Gasteiger partial charge >= 0.3 is 6.18 Å². The van der Waals surface area contributed by atoms with Gasteiger partial charge in [0, 0.05) is 19.7 Å². The molecule has 1 rings (SSSR count). The first-order chi connectivity index (χ1) is 9.34. The second-order valence-electron chi connectivity index (χ2n) is 5.11. The van der Waals surface area contributed by atoms with E-state index >= 15 is 0 Å². The minimum Gasteiger partial charge on any atom is -0.383 e. The monoisotopic (exact) mass is 289 g/mol. The average Bonchev–Trinajstić information content (AvgIpc) is 2.38. The summed E-state index contributed by atoms with van der Waals surface area (Å²) in [4.78, 5) is 0. The fourth-order valence-electron chi connectivity index (χ4n) is 1.97. The fraction of sp³-hybridized carbons (Fsp3) is 0.600. The molecule has 0 saturated heterocycles. The number of rotatable bonds is 7. The summed E-state index contributed by atoms with van der Waals surface area (Å²) in [5.41, 5.74) is 0.325. The molecule has 0 aliphatic carbocycles. The fourth-order valence-corrected chi connectivity index (χ4v) is 1.97. The Morgan fingerprint density at radius 1 is 1.15 bits per heavy atom. The number of ether oxygens (including phenoxy) is 1. The van der Waals surface area contributed by atoms with E-state index in [0.29, 0.717) is 12.5 Å². The predicted octanol–water partition coefficient (Wildman–Crippen LogP) is 3.51. The van der Waals surface area contributed by atoms with Crippen LogP contribution in [0.25, 0.3) is 0 Å². The van der Waals surface area contributed by atoms with Crippen LogP contribution in [0.5, 0.6) is 0 Å². The van der Waals surface area contributed by atoms with Crippen LogP contribution in [0.15, 0.2) is 24.3 Å². The van der Waals surface area contributed by atoms with Gasteiger partial charge in [0.15, 0.2) is 0 Å². The van der Waals surface area contributed by atoms with Gasteiger partial charge in [-0.1, -0.05) is 19.1 Å². The molecule has 0 fully saturated rings. The van der Waals surface area contributed by atoms with Gasteiger partial charge in [-0.15, -0.1) is 0 Å². The highest BCUT2D eigenvalue weighted by molar-refractivity contribution is 5.25. The zero-order valence-electron chi connectivity index (χ0n) is 12.1. The Hall–Kier alpha value is -1.07. The Bertz CT molecular complexity index is 389. The Balaban J connectivity index is 2.51. The molecule has 2 nitrogen and oxygen atoms in total. The summed E-state index contributed by atoms with van der Waals surface area (Å²) in [5.74, 6) is 0.337. The van der Waals surface area contributed by atoms with E-state index in [1.165, 1.54) is 0 Å². The molecular formula is C15H22F3NO. The van der Waals surface area contributed by atoms with Crippen LogP contribution in [0.1, 0.15) is 25.0 Å². The third kappa shape index (κ3) is 5.51. The number of methoxy groups -OCH3 is 1. The average molecular weight is 289 g/mol. The third-order valence-corrected chi connectivity index (χ3v) is 3.46. The summed E-state index contributed by atoms with van der Waals surface area (Å²) >= 11 is 0. The molecule has 20 heavy (non-hydrogen) atoms. The highest BCUT2D eigenvalue weighted by atomic mass is 19.4. The van der Waals surface area contributed by atoms with Gasteiger partial charge in [-0.25, -0.2) is 0 Å². The zero-order chi connectivity index (χ0) is 15.2. The topological polar surface area (TPSA) is 21.3 Å². The van der Waals surface area contributed by atoms with E-state index in [1.54, 1.807) is 19.2 Å². The summed E-state index contributed by atoms with van der Waals surface area (Å²) in [6.45, 7) is 5.58. The predicted molar refractivity (Wildman–Crippen MR) is 73.7 cm³/mol. The van der Waals surface area contributed by atoms with E-state index in [0.717, 1.165) is 30.7 Å². The van der Waals surface area contributed by atoms with Crippen molar-refractivity contribution < 1.29 is 17.9 Å². The molecule has 0 radical (unpaired) electrons. The summed E-state index contributed by atoms with van der Waals surface area (Å²) in [6, 6.07) is 5.69. The van der Waals surface area contributed by atoms with Crippen molar-refractivity contribution in [3.63, 3.8) is 0 Å². The van der Waals surface area contributed by atoms with Gasteiger partial charge in [0.05, 0.1) is 12.2 Å². The number of hydrogen-bond donors (Lipinski definition) is 1. The molecule has 1 aromatic rings. The molecule has 2 atom stereocenters. The normalized spacial score (nSPS) is 15.1. The van der Waals surface area contributed by atoms with E-state index in [-0.39, 0.29) is 6.04 Å². The largest absolute Gasteiger partial charge is 0.416 e. The number of hydrogen-bond acceptors (Lipinski definition) is 2. The maximum Gasteiger partial charge on any atom is 0.416 e. The van der Waals surface area contributed by atoms with Crippen LogP contribution in [-0.2, 0) is 17.3 Å². The van der Waals surface area contributed by atoms with Crippen LogP contribution in [-0.4, -0.2) is 26.3 Å². The molecular weight excluding hydrogens is 267 g/mol. The first kappa shape index (κ1) is 17.0. The second-order valence-corrected chi connectivity index (χ2v) is 5.11. The van der Waals surface area contributed by atoms with E-state index in [4.69, 9.17) is 4.74 Å². The smallest absolute Gasteiger partial charge is 0.383 e. The molecule has 0 aliphatic heterocycles. The zero-order valence-corrected chi connectivity index (χ0v) is 12.1.